The number of likely N-dealkylation sites (N-methyl/N-ethyl adjacent to an activating group) is 1. The van der Waals surface area contributed by atoms with Gasteiger partial charge in [-0.1, -0.05) is 65.1 Å². The zero-order valence-corrected chi connectivity index (χ0v) is 19.3. The largest absolute Gasteiger partial charge is 0.348 e. The number of benzene rings is 2. The van der Waals surface area contributed by atoms with Gasteiger partial charge in [0.15, 0.2) is 0 Å². The van der Waals surface area contributed by atoms with Crippen LogP contribution >= 0.6 is 34.8 Å². The molecule has 0 unspecified atom stereocenters. The molecule has 6 nitrogen and oxygen atoms in total. The van der Waals surface area contributed by atoms with Crippen molar-refractivity contribution >= 4 is 46.6 Å². The molecule has 31 heavy (non-hydrogen) atoms. The van der Waals surface area contributed by atoms with Crippen LogP contribution in [0.15, 0.2) is 48.7 Å². The van der Waals surface area contributed by atoms with Gasteiger partial charge in [0, 0.05) is 27.2 Å². The van der Waals surface area contributed by atoms with Gasteiger partial charge in [0.1, 0.15) is 0 Å². The molecule has 0 fully saturated rings. The standard InChI is InChI=1S/C22H21Cl3N4O2/c1-28(20(30)10-19-18(25)12-27-29(19)2)13-15-6-3-5-14(9-15)11-26-22(31)21-16(23)7-4-8-17(21)24/h3-9,12H,10-11,13H2,1-2H3,(H,26,31). The highest BCUT2D eigenvalue weighted by Crippen LogP contribution is 2.24. The van der Waals surface area contributed by atoms with Crippen LogP contribution < -0.4 is 5.32 Å². The molecule has 2 amide bonds. The van der Waals surface area contributed by atoms with Crippen molar-refractivity contribution < 1.29 is 9.59 Å². The number of aromatic nitrogens is 2. The van der Waals surface area contributed by atoms with Crippen LogP contribution in [0.2, 0.25) is 15.1 Å². The second kappa shape index (κ2) is 10.2. The number of hydrogen-bond donors (Lipinski definition) is 1. The number of carbonyl (C=O) groups is 2. The highest BCUT2D eigenvalue weighted by atomic mass is 35.5. The van der Waals surface area contributed by atoms with Crippen LogP contribution in [0.25, 0.3) is 0 Å². The van der Waals surface area contributed by atoms with Crippen molar-refractivity contribution in [3.63, 3.8) is 0 Å². The van der Waals surface area contributed by atoms with E-state index in [1.807, 2.05) is 24.3 Å². The van der Waals surface area contributed by atoms with E-state index in [0.717, 1.165) is 11.1 Å². The highest BCUT2D eigenvalue weighted by Gasteiger charge is 2.16. The molecular weight excluding hydrogens is 459 g/mol. The summed E-state index contributed by atoms with van der Waals surface area (Å²) in [4.78, 5) is 26.7. The van der Waals surface area contributed by atoms with Gasteiger partial charge in [-0.25, -0.2) is 0 Å². The van der Waals surface area contributed by atoms with Crippen LogP contribution in [0.3, 0.4) is 0 Å². The minimum absolute atomic E-state index is 0.0717. The zero-order chi connectivity index (χ0) is 22.5. The molecule has 1 heterocycles. The number of amides is 2. The maximum absolute atomic E-state index is 12.6. The Hall–Kier alpha value is -2.54. The van der Waals surface area contributed by atoms with E-state index in [1.165, 1.54) is 6.20 Å². The maximum Gasteiger partial charge on any atom is 0.254 e. The molecule has 0 radical (unpaired) electrons. The number of nitrogens with zero attached hydrogens (tertiary/aromatic N) is 3. The molecule has 0 aliphatic rings. The Labute approximate surface area is 195 Å². The van der Waals surface area contributed by atoms with Crippen LogP contribution in [-0.4, -0.2) is 33.5 Å². The molecule has 0 aliphatic heterocycles. The summed E-state index contributed by atoms with van der Waals surface area (Å²) in [5, 5.41) is 7.95. The number of rotatable bonds is 7. The molecule has 2 aromatic carbocycles. The number of hydrogen-bond acceptors (Lipinski definition) is 3. The number of nitrogens with one attached hydrogen (secondary N) is 1. The SMILES string of the molecule is CN(Cc1cccc(CNC(=O)c2c(Cl)cccc2Cl)c1)C(=O)Cc1c(Cl)cnn1C. The lowest BCUT2D eigenvalue weighted by molar-refractivity contribution is -0.129. The molecule has 0 saturated heterocycles. The summed E-state index contributed by atoms with van der Waals surface area (Å²) in [6, 6.07) is 12.6. The number of halogens is 3. The summed E-state index contributed by atoms with van der Waals surface area (Å²) in [7, 11) is 3.49. The third-order valence-corrected chi connectivity index (χ3v) is 5.75. The quantitative estimate of drug-likeness (QED) is 0.542. The Balaban J connectivity index is 1.61. The normalized spacial score (nSPS) is 10.7. The van der Waals surface area contributed by atoms with E-state index < -0.39 is 0 Å². The predicted octanol–water partition coefficient (Wildman–Crippen LogP) is 4.51. The summed E-state index contributed by atoms with van der Waals surface area (Å²) in [6.45, 7) is 0.725. The van der Waals surface area contributed by atoms with Crippen LogP contribution in [-0.2, 0) is 31.4 Å². The Morgan fingerprint density at radius 1 is 1.03 bits per heavy atom. The van der Waals surface area contributed by atoms with E-state index in [2.05, 4.69) is 10.4 Å². The molecule has 1 N–H and O–H groups in total. The number of carbonyl (C=O) groups excluding carboxylic acids is 2. The molecule has 0 atom stereocenters. The van der Waals surface area contributed by atoms with Gasteiger partial charge in [-0.3, -0.25) is 14.3 Å². The molecular formula is C22H21Cl3N4O2. The van der Waals surface area contributed by atoms with Gasteiger partial charge in [-0.2, -0.15) is 5.10 Å². The zero-order valence-electron chi connectivity index (χ0n) is 17.0. The third-order valence-electron chi connectivity index (χ3n) is 4.81. The smallest absolute Gasteiger partial charge is 0.254 e. The van der Waals surface area contributed by atoms with E-state index in [4.69, 9.17) is 34.8 Å². The van der Waals surface area contributed by atoms with Gasteiger partial charge in [0.25, 0.3) is 5.91 Å². The first-order chi connectivity index (χ1) is 14.8. The van der Waals surface area contributed by atoms with E-state index in [1.54, 1.807) is 41.9 Å². The second-order valence-electron chi connectivity index (χ2n) is 7.09. The Morgan fingerprint density at radius 2 is 1.68 bits per heavy atom. The van der Waals surface area contributed by atoms with E-state index >= 15 is 0 Å². The molecule has 9 heteroatoms. The van der Waals surface area contributed by atoms with E-state index in [-0.39, 0.29) is 23.8 Å². The first kappa shape index (κ1) is 23.1. The molecule has 0 saturated carbocycles. The molecule has 0 spiro atoms. The average Bonchev–Trinajstić information content (AvgIpc) is 3.04. The van der Waals surface area contributed by atoms with Crippen molar-refractivity contribution in [1.29, 1.82) is 0 Å². The Kier molecular flexibility index (Phi) is 7.59. The van der Waals surface area contributed by atoms with Crippen molar-refractivity contribution in [2.75, 3.05) is 7.05 Å². The van der Waals surface area contributed by atoms with Crippen molar-refractivity contribution in [1.82, 2.24) is 20.0 Å². The first-order valence-corrected chi connectivity index (χ1v) is 10.6. The summed E-state index contributed by atoms with van der Waals surface area (Å²) in [5.74, 6) is -0.418. The van der Waals surface area contributed by atoms with Crippen molar-refractivity contribution in [3.8, 4) is 0 Å². The van der Waals surface area contributed by atoms with Gasteiger partial charge >= 0.3 is 0 Å². The lowest BCUT2D eigenvalue weighted by Gasteiger charge is -2.18. The van der Waals surface area contributed by atoms with Crippen LogP contribution in [0.5, 0.6) is 0 Å². The monoisotopic (exact) mass is 478 g/mol. The Bertz CT molecular complexity index is 1070. The fourth-order valence-corrected chi connectivity index (χ4v) is 3.90. The highest BCUT2D eigenvalue weighted by molar-refractivity contribution is 6.39. The summed E-state index contributed by atoms with van der Waals surface area (Å²) < 4.78 is 1.60. The molecule has 0 bridgehead atoms. The van der Waals surface area contributed by atoms with Crippen LogP contribution in [0, 0.1) is 0 Å². The van der Waals surface area contributed by atoms with Gasteiger partial charge in [0.2, 0.25) is 5.91 Å². The number of aryl methyl sites for hydroxylation is 1. The van der Waals surface area contributed by atoms with Gasteiger partial charge in [-0.05, 0) is 23.3 Å². The third kappa shape index (κ3) is 5.79. The lowest BCUT2D eigenvalue weighted by Crippen LogP contribution is -2.28. The predicted molar refractivity (Wildman–Crippen MR) is 122 cm³/mol. The molecule has 1 aromatic heterocycles. The minimum atomic E-state index is -0.346. The fourth-order valence-electron chi connectivity index (χ4n) is 3.10. The average molecular weight is 480 g/mol. The lowest BCUT2D eigenvalue weighted by atomic mass is 10.1. The summed E-state index contributed by atoms with van der Waals surface area (Å²) >= 11 is 18.3. The first-order valence-electron chi connectivity index (χ1n) is 9.46. The van der Waals surface area contributed by atoms with Crippen molar-refractivity contribution in [2.24, 2.45) is 7.05 Å². The Morgan fingerprint density at radius 3 is 2.32 bits per heavy atom. The minimum Gasteiger partial charge on any atom is -0.348 e. The maximum atomic E-state index is 12.6. The second-order valence-corrected chi connectivity index (χ2v) is 8.31. The fraction of sp³-hybridized carbons (Fsp3) is 0.227. The van der Waals surface area contributed by atoms with Crippen LogP contribution in [0.4, 0.5) is 0 Å². The van der Waals surface area contributed by atoms with E-state index in [0.29, 0.717) is 33.9 Å². The van der Waals surface area contributed by atoms with Crippen molar-refractivity contribution in [3.05, 3.63) is 86.1 Å². The summed E-state index contributed by atoms with van der Waals surface area (Å²) in [6.07, 6.45) is 1.69. The van der Waals surface area contributed by atoms with Gasteiger partial charge in [0.05, 0.1) is 38.9 Å². The molecule has 3 rings (SSSR count). The molecule has 3 aromatic rings. The van der Waals surface area contributed by atoms with Gasteiger partial charge in [-0.15, -0.1) is 0 Å². The van der Waals surface area contributed by atoms with Crippen molar-refractivity contribution in [2.45, 2.75) is 19.5 Å². The van der Waals surface area contributed by atoms with E-state index in [9.17, 15) is 9.59 Å². The van der Waals surface area contributed by atoms with Crippen LogP contribution in [0.1, 0.15) is 27.2 Å². The summed E-state index contributed by atoms with van der Waals surface area (Å²) in [5.41, 5.74) is 2.76. The molecule has 162 valence electrons. The molecule has 0 aliphatic carbocycles. The van der Waals surface area contributed by atoms with Gasteiger partial charge < -0.3 is 10.2 Å². The topological polar surface area (TPSA) is 67.2 Å².